The highest BCUT2D eigenvalue weighted by molar-refractivity contribution is 6.30. The molecule has 1 amide bonds. The Kier molecular flexibility index (Phi) is 4.38. The van der Waals surface area contributed by atoms with Crippen LogP contribution in [0.5, 0.6) is 0 Å². The normalized spacial score (nSPS) is 15.0. The van der Waals surface area contributed by atoms with Crippen molar-refractivity contribution in [1.82, 2.24) is 15.0 Å². The monoisotopic (exact) mass is 407 g/mol. The fraction of sp³-hybridized carbons (Fsp3) is 0.211. The number of fused-ring (bicyclic) bond motifs is 1. The van der Waals surface area contributed by atoms with Crippen molar-refractivity contribution < 1.29 is 22.5 Å². The second kappa shape index (κ2) is 6.63. The van der Waals surface area contributed by atoms with Crippen molar-refractivity contribution in [2.75, 3.05) is 0 Å². The Hall–Kier alpha value is -2.87. The van der Waals surface area contributed by atoms with E-state index in [0.29, 0.717) is 17.1 Å². The van der Waals surface area contributed by atoms with Gasteiger partial charge >= 0.3 is 12.1 Å². The Balaban J connectivity index is 1.61. The molecule has 1 unspecified atom stereocenters. The molecule has 0 bridgehead atoms. The second-order valence-electron chi connectivity index (χ2n) is 6.45. The lowest BCUT2D eigenvalue weighted by Gasteiger charge is -2.24. The topological polar surface area (TPSA) is 59.2 Å². The summed E-state index contributed by atoms with van der Waals surface area (Å²) in [6, 6.07) is 11.8. The largest absolute Gasteiger partial charge is 0.471 e. The maximum atomic E-state index is 12.9. The average Bonchev–Trinajstić information content (AvgIpc) is 3.27. The smallest absolute Gasteiger partial charge is 0.329 e. The molecule has 144 valence electrons. The van der Waals surface area contributed by atoms with Crippen molar-refractivity contribution in [2.45, 2.75) is 25.7 Å². The fourth-order valence-electron chi connectivity index (χ4n) is 3.15. The number of hydrogen-bond donors (Lipinski definition) is 0. The molecular weight excluding hydrogens is 395 g/mol. The lowest BCUT2D eigenvalue weighted by molar-refractivity contribution is -0.159. The van der Waals surface area contributed by atoms with Crippen LogP contribution in [0.1, 0.15) is 40.3 Å². The van der Waals surface area contributed by atoms with Gasteiger partial charge in [0.1, 0.15) is 0 Å². The molecule has 0 saturated carbocycles. The molecule has 28 heavy (non-hydrogen) atoms. The highest BCUT2D eigenvalue weighted by Crippen LogP contribution is 2.34. The first kappa shape index (κ1) is 18.5. The van der Waals surface area contributed by atoms with Gasteiger partial charge in [0.2, 0.25) is 5.82 Å². The lowest BCUT2D eigenvalue weighted by Crippen LogP contribution is -2.27. The van der Waals surface area contributed by atoms with Crippen molar-refractivity contribution in [3.8, 4) is 11.4 Å². The molecule has 1 aromatic heterocycles. The zero-order valence-corrected chi connectivity index (χ0v) is 15.3. The minimum Gasteiger partial charge on any atom is -0.329 e. The molecule has 1 aliphatic heterocycles. The fourth-order valence-corrected chi connectivity index (χ4v) is 3.28. The lowest BCUT2D eigenvalue weighted by atomic mass is 10.1. The molecule has 0 fully saturated rings. The van der Waals surface area contributed by atoms with Crippen molar-refractivity contribution in [1.29, 1.82) is 0 Å². The first-order valence-corrected chi connectivity index (χ1v) is 8.72. The number of nitrogens with zero attached hydrogens (tertiary/aromatic N) is 3. The number of carbonyl (C=O) groups excluding carboxylic acids is 1. The molecule has 0 N–H and O–H groups in total. The molecule has 9 heteroatoms. The van der Waals surface area contributed by atoms with E-state index in [1.165, 1.54) is 6.07 Å². The van der Waals surface area contributed by atoms with Gasteiger partial charge in [-0.25, -0.2) is 0 Å². The first-order valence-electron chi connectivity index (χ1n) is 8.34. The van der Waals surface area contributed by atoms with Crippen molar-refractivity contribution in [2.24, 2.45) is 0 Å². The minimum absolute atomic E-state index is 0.192. The summed E-state index contributed by atoms with van der Waals surface area (Å²) in [5, 5.41) is 3.98. The van der Waals surface area contributed by atoms with Gasteiger partial charge in [-0.2, -0.15) is 18.2 Å². The van der Waals surface area contributed by atoms with Gasteiger partial charge in [0.05, 0.1) is 6.04 Å². The number of carbonyl (C=O) groups is 1. The van der Waals surface area contributed by atoms with E-state index in [0.717, 1.165) is 11.1 Å². The Morgan fingerprint density at radius 1 is 1.18 bits per heavy atom. The van der Waals surface area contributed by atoms with Crippen LogP contribution in [0.4, 0.5) is 13.2 Å². The molecule has 1 atom stereocenters. The Labute approximate surface area is 162 Å². The van der Waals surface area contributed by atoms with Crippen LogP contribution in [-0.4, -0.2) is 20.9 Å². The van der Waals surface area contributed by atoms with Crippen LogP contribution in [0, 0.1) is 0 Å². The number of aromatic nitrogens is 2. The van der Waals surface area contributed by atoms with Crippen molar-refractivity contribution in [3.63, 3.8) is 0 Å². The Morgan fingerprint density at radius 2 is 1.89 bits per heavy atom. The summed E-state index contributed by atoms with van der Waals surface area (Å²) in [5.74, 6) is -1.85. The SMILES string of the molecule is CC(c1ccc(Cl)cc1)N1Cc2ccc(-c3noc(C(F)(F)F)n3)cc2C1=O. The number of rotatable bonds is 3. The quantitative estimate of drug-likeness (QED) is 0.604. The van der Waals surface area contributed by atoms with E-state index in [4.69, 9.17) is 11.6 Å². The molecule has 2 aromatic carbocycles. The van der Waals surface area contributed by atoms with E-state index in [-0.39, 0.29) is 23.3 Å². The van der Waals surface area contributed by atoms with Crippen LogP contribution in [0.25, 0.3) is 11.4 Å². The molecule has 5 nitrogen and oxygen atoms in total. The van der Waals surface area contributed by atoms with E-state index in [1.807, 2.05) is 19.1 Å². The summed E-state index contributed by atoms with van der Waals surface area (Å²) in [4.78, 5) is 17.9. The zero-order chi connectivity index (χ0) is 20.1. The van der Waals surface area contributed by atoms with Gasteiger partial charge in [-0.15, -0.1) is 0 Å². The maximum absolute atomic E-state index is 12.9. The number of benzene rings is 2. The van der Waals surface area contributed by atoms with Crippen LogP contribution in [-0.2, 0) is 12.7 Å². The van der Waals surface area contributed by atoms with Gasteiger partial charge in [0.15, 0.2) is 0 Å². The highest BCUT2D eigenvalue weighted by atomic mass is 35.5. The molecule has 2 heterocycles. The molecule has 4 rings (SSSR count). The molecule has 3 aromatic rings. The van der Waals surface area contributed by atoms with Crippen molar-refractivity contribution >= 4 is 17.5 Å². The number of halogens is 4. The van der Waals surface area contributed by atoms with E-state index in [2.05, 4.69) is 14.7 Å². The molecule has 0 saturated heterocycles. The molecule has 1 aliphatic rings. The summed E-state index contributed by atoms with van der Waals surface area (Å²) in [6.45, 7) is 2.31. The summed E-state index contributed by atoms with van der Waals surface area (Å²) in [6.07, 6.45) is -4.72. The average molecular weight is 408 g/mol. The molecule has 0 radical (unpaired) electrons. The Bertz CT molecular complexity index is 1050. The minimum atomic E-state index is -4.72. The standard InChI is InChI=1S/C19H13ClF3N3O2/c1-10(11-4-6-14(20)7-5-11)26-9-13-3-2-12(8-15(13)17(26)27)16-24-18(28-25-16)19(21,22)23/h2-8,10H,9H2,1H3. The second-order valence-corrected chi connectivity index (χ2v) is 6.89. The third-order valence-electron chi connectivity index (χ3n) is 4.69. The van der Waals surface area contributed by atoms with Crippen LogP contribution in [0.3, 0.4) is 0 Å². The van der Waals surface area contributed by atoms with Gasteiger partial charge in [0.25, 0.3) is 5.91 Å². The summed E-state index contributed by atoms with van der Waals surface area (Å²) in [7, 11) is 0. The van der Waals surface area contributed by atoms with Crippen LogP contribution < -0.4 is 0 Å². The molecule has 0 aliphatic carbocycles. The third kappa shape index (κ3) is 3.24. The predicted molar refractivity (Wildman–Crippen MR) is 94.5 cm³/mol. The van der Waals surface area contributed by atoms with Crippen molar-refractivity contribution in [3.05, 3.63) is 70.1 Å². The number of amides is 1. The zero-order valence-electron chi connectivity index (χ0n) is 14.5. The molecule has 0 spiro atoms. The van der Waals surface area contributed by atoms with Gasteiger partial charge in [0, 0.05) is 22.7 Å². The third-order valence-corrected chi connectivity index (χ3v) is 4.94. The van der Waals surface area contributed by atoms with Gasteiger partial charge in [-0.3, -0.25) is 4.79 Å². The highest BCUT2D eigenvalue weighted by Gasteiger charge is 2.39. The van der Waals surface area contributed by atoms with Gasteiger partial charge in [-0.1, -0.05) is 41.0 Å². The number of alkyl halides is 3. The van der Waals surface area contributed by atoms with E-state index in [9.17, 15) is 18.0 Å². The summed E-state index contributed by atoms with van der Waals surface area (Å²) < 4.78 is 42.2. The van der Waals surface area contributed by atoms with E-state index in [1.54, 1.807) is 29.2 Å². The van der Waals surface area contributed by atoms with Gasteiger partial charge < -0.3 is 9.42 Å². The van der Waals surface area contributed by atoms with Gasteiger partial charge in [-0.05, 0) is 36.2 Å². The van der Waals surface area contributed by atoms with Crippen LogP contribution in [0.15, 0.2) is 47.0 Å². The molecular formula is C19H13ClF3N3O2. The summed E-state index contributed by atoms with van der Waals surface area (Å²) in [5.41, 5.74) is 2.41. The van der Waals surface area contributed by atoms with E-state index >= 15 is 0 Å². The Morgan fingerprint density at radius 3 is 2.54 bits per heavy atom. The van der Waals surface area contributed by atoms with E-state index < -0.39 is 12.1 Å². The summed E-state index contributed by atoms with van der Waals surface area (Å²) >= 11 is 5.91. The predicted octanol–water partition coefficient (Wildman–Crippen LogP) is 5.13. The van der Waals surface area contributed by atoms with Crippen LogP contribution in [0.2, 0.25) is 5.02 Å². The first-order chi connectivity index (χ1) is 13.2. The maximum Gasteiger partial charge on any atom is 0.471 e. The van der Waals surface area contributed by atoms with Crippen LogP contribution >= 0.6 is 11.6 Å². The number of hydrogen-bond acceptors (Lipinski definition) is 4.